The minimum atomic E-state index is 0. The van der Waals surface area contributed by atoms with Gasteiger partial charge < -0.3 is 19.1 Å². The molecule has 0 spiro atoms. The number of pyridine rings is 1. The summed E-state index contributed by atoms with van der Waals surface area (Å²) in [5.41, 5.74) is 2.55. The van der Waals surface area contributed by atoms with Gasteiger partial charge in [-0.3, -0.25) is 4.90 Å². The van der Waals surface area contributed by atoms with Gasteiger partial charge in [-0.1, -0.05) is 6.07 Å². The van der Waals surface area contributed by atoms with Gasteiger partial charge in [0.05, 0.1) is 20.3 Å². The van der Waals surface area contributed by atoms with Gasteiger partial charge in [-0.2, -0.15) is 0 Å². The second kappa shape index (κ2) is 10.1. The van der Waals surface area contributed by atoms with Crippen molar-refractivity contribution in [3.8, 4) is 11.5 Å². The summed E-state index contributed by atoms with van der Waals surface area (Å²) in [6.07, 6.45) is 3.98. The molecule has 0 amide bonds. The Morgan fingerprint density at radius 2 is 1.83 bits per heavy atom. The van der Waals surface area contributed by atoms with Crippen molar-refractivity contribution in [2.24, 2.45) is 0 Å². The summed E-state index contributed by atoms with van der Waals surface area (Å²) in [7, 11) is 3.38. The Balaban J connectivity index is 0.00000240. The van der Waals surface area contributed by atoms with Crippen LogP contribution in [-0.2, 0) is 11.2 Å². The van der Waals surface area contributed by atoms with Gasteiger partial charge in [-0.05, 0) is 48.2 Å². The molecule has 1 aromatic heterocycles. The van der Waals surface area contributed by atoms with Crippen molar-refractivity contribution in [2.45, 2.75) is 18.9 Å². The van der Waals surface area contributed by atoms with Crippen LogP contribution in [0.15, 0.2) is 36.5 Å². The molecule has 29 heavy (non-hydrogen) atoms. The van der Waals surface area contributed by atoms with Crippen LogP contribution in [0.3, 0.4) is 0 Å². The lowest BCUT2D eigenvalue weighted by Crippen LogP contribution is -2.48. The van der Waals surface area contributed by atoms with Crippen LogP contribution in [0.4, 0.5) is 5.82 Å². The minimum Gasteiger partial charge on any atom is -0.493 e. The summed E-state index contributed by atoms with van der Waals surface area (Å²) in [4.78, 5) is 9.33. The zero-order chi connectivity index (χ0) is 19.3. The molecule has 7 heteroatoms. The van der Waals surface area contributed by atoms with Crippen molar-refractivity contribution >= 4 is 18.2 Å². The fraction of sp³-hybridized carbons (Fsp3) is 0.500. The summed E-state index contributed by atoms with van der Waals surface area (Å²) in [6.45, 7) is 5.69. The molecule has 0 aliphatic carbocycles. The average Bonchev–Trinajstić information content (AvgIpc) is 2.95. The number of hydrogen-bond donors (Lipinski definition) is 0. The highest BCUT2D eigenvalue weighted by molar-refractivity contribution is 5.85. The van der Waals surface area contributed by atoms with Crippen LogP contribution < -0.4 is 14.4 Å². The number of hydrogen-bond acceptors (Lipinski definition) is 6. The number of aryl methyl sites for hydroxylation is 1. The van der Waals surface area contributed by atoms with Gasteiger partial charge >= 0.3 is 0 Å². The van der Waals surface area contributed by atoms with Gasteiger partial charge in [0.1, 0.15) is 5.82 Å². The first-order valence-electron chi connectivity index (χ1n) is 10.0. The van der Waals surface area contributed by atoms with E-state index in [2.05, 4.69) is 33.0 Å². The Morgan fingerprint density at radius 1 is 1.07 bits per heavy atom. The number of halogens is 1. The lowest BCUT2D eigenvalue weighted by Gasteiger charge is -2.37. The SMILES string of the molecule is COc1cc2c(cc1OC)C(CN1CCN(c3ccccn3)CC1)OCCC2.Cl. The molecule has 1 fully saturated rings. The highest BCUT2D eigenvalue weighted by Crippen LogP contribution is 2.37. The van der Waals surface area contributed by atoms with E-state index in [9.17, 15) is 0 Å². The summed E-state index contributed by atoms with van der Waals surface area (Å²) < 4.78 is 17.3. The lowest BCUT2D eigenvalue weighted by atomic mass is 9.98. The first-order chi connectivity index (χ1) is 13.8. The van der Waals surface area contributed by atoms with Crippen molar-refractivity contribution in [3.63, 3.8) is 0 Å². The van der Waals surface area contributed by atoms with E-state index in [-0.39, 0.29) is 18.5 Å². The summed E-state index contributed by atoms with van der Waals surface area (Å²) in [5.74, 6) is 2.64. The number of piperazine rings is 1. The number of ether oxygens (including phenoxy) is 3. The second-order valence-electron chi connectivity index (χ2n) is 7.34. The largest absolute Gasteiger partial charge is 0.493 e. The molecule has 4 rings (SSSR count). The maximum absolute atomic E-state index is 6.25. The van der Waals surface area contributed by atoms with Gasteiger partial charge in [0.25, 0.3) is 0 Å². The number of nitrogens with zero attached hydrogens (tertiary/aromatic N) is 3. The monoisotopic (exact) mass is 419 g/mol. The molecule has 0 N–H and O–H groups in total. The van der Waals surface area contributed by atoms with Gasteiger partial charge in [-0.15, -0.1) is 12.4 Å². The van der Waals surface area contributed by atoms with Crippen LogP contribution in [-0.4, -0.2) is 63.4 Å². The molecular weight excluding hydrogens is 390 g/mol. The molecule has 0 radical (unpaired) electrons. The topological polar surface area (TPSA) is 47.1 Å². The van der Waals surface area contributed by atoms with E-state index in [1.54, 1.807) is 14.2 Å². The summed E-state index contributed by atoms with van der Waals surface area (Å²) >= 11 is 0. The first kappa shape index (κ1) is 21.7. The number of anilines is 1. The van der Waals surface area contributed by atoms with Gasteiger partial charge in [0.2, 0.25) is 0 Å². The molecule has 1 unspecified atom stereocenters. The third kappa shape index (κ3) is 4.94. The molecular formula is C22H30ClN3O3. The number of methoxy groups -OCH3 is 2. The smallest absolute Gasteiger partial charge is 0.161 e. The van der Waals surface area contributed by atoms with Crippen molar-refractivity contribution in [1.29, 1.82) is 0 Å². The molecule has 1 saturated heterocycles. The van der Waals surface area contributed by atoms with Crippen LogP contribution in [0.2, 0.25) is 0 Å². The fourth-order valence-corrected chi connectivity index (χ4v) is 4.12. The van der Waals surface area contributed by atoms with E-state index >= 15 is 0 Å². The second-order valence-corrected chi connectivity index (χ2v) is 7.34. The first-order valence-corrected chi connectivity index (χ1v) is 10.0. The van der Waals surface area contributed by atoms with E-state index < -0.39 is 0 Å². The number of rotatable bonds is 5. The van der Waals surface area contributed by atoms with Crippen molar-refractivity contribution in [1.82, 2.24) is 9.88 Å². The third-order valence-electron chi connectivity index (χ3n) is 5.67. The van der Waals surface area contributed by atoms with E-state index in [1.807, 2.05) is 18.3 Å². The predicted molar refractivity (Wildman–Crippen MR) is 117 cm³/mol. The van der Waals surface area contributed by atoms with Crippen molar-refractivity contribution < 1.29 is 14.2 Å². The minimum absolute atomic E-state index is 0. The Bertz CT molecular complexity index is 782. The lowest BCUT2D eigenvalue weighted by molar-refractivity contribution is 0.0268. The molecule has 2 aliphatic heterocycles. The molecule has 1 atom stereocenters. The zero-order valence-electron chi connectivity index (χ0n) is 17.2. The molecule has 3 heterocycles. The normalized spacial score (nSPS) is 19.7. The van der Waals surface area contributed by atoms with Crippen molar-refractivity contribution in [2.75, 3.05) is 58.5 Å². The number of benzene rings is 1. The molecule has 0 bridgehead atoms. The van der Waals surface area contributed by atoms with Gasteiger partial charge in [0.15, 0.2) is 11.5 Å². The number of fused-ring (bicyclic) bond motifs is 1. The summed E-state index contributed by atoms with van der Waals surface area (Å²) in [5, 5.41) is 0. The van der Waals surface area contributed by atoms with E-state index in [0.717, 1.165) is 69.5 Å². The number of aromatic nitrogens is 1. The maximum atomic E-state index is 6.25. The zero-order valence-corrected chi connectivity index (χ0v) is 18.0. The highest BCUT2D eigenvalue weighted by Gasteiger charge is 2.26. The van der Waals surface area contributed by atoms with Crippen LogP contribution >= 0.6 is 12.4 Å². The van der Waals surface area contributed by atoms with E-state index in [1.165, 1.54) is 11.1 Å². The molecule has 6 nitrogen and oxygen atoms in total. The molecule has 1 aromatic carbocycles. The van der Waals surface area contributed by atoms with Crippen LogP contribution in [0.1, 0.15) is 23.7 Å². The van der Waals surface area contributed by atoms with E-state index in [0.29, 0.717) is 0 Å². The van der Waals surface area contributed by atoms with Crippen LogP contribution in [0.5, 0.6) is 11.5 Å². The average molecular weight is 420 g/mol. The summed E-state index contributed by atoms with van der Waals surface area (Å²) in [6, 6.07) is 10.3. The maximum Gasteiger partial charge on any atom is 0.161 e. The Hall–Kier alpha value is -2.02. The highest BCUT2D eigenvalue weighted by atomic mass is 35.5. The van der Waals surface area contributed by atoms with Crippen LogP contribution in [0, 0.1) is 0 Å². The van der Waals surface area contributed by atoms with Gasteiger partial charge in [-0.25, -0.2) is 4.98 Å². The standard InChI is InChI=1S/C22H29N3O3.ClH/c1-26-19-14-17-6-5-13-28-21(18(17)15-20(19)27-2)16-24-9-11-25(12-10-24)22-7-3-4-8-23-22;/h3-4,7-8,14-15,21H,5-6,9-13,16H2,1-2H3;1H. The fourth-order valence-electron chi connectivity index (χ4n) is 4.12. The third-order valence-corrected chi connectivity index (χ3v) is 5.67. The predicted octanol–water partition coefficient (Wildman–Crippen LogP) is 3.35. The van der Waals surface area contributed by atoms with Crippen molar-refractivity contribution in [3.05, 3.63) is 47.7 Å². The Morgan fingerprint density at radius 3 is 2.52 bits per heavy atom. The molecule has 158 valence electrons. The van der Waals surface area contributed by atoms with E-state index in [4.69, 9.17) is 14.2 Å². The Kier molecular flexibility index (Phi) is 7.58. The van der Waals surface area contributed by atoms with Crippen LogP contribution in [0.25, 0.3) is 0 Å². The van der Waals surface area contributed by atoms with Gasteiger partial charge in [0, 0.05) is 45.5 Å². The molecule has 0 saturated carbocycles. The molecule has 2 aliphatic rings. The quantitative estimate of drug-likeness (QED) is 0.740. The molecule has 2 aromatic rings. The Labute approximate surface area is 179 Å².